The van der Waals surface area contributed by atoms with Crippen molar-refractivity contribution >= 4 is 0 Å². The molecule has 6 rings (SSSR count). The molecule has 5 aliphatic heterocycles. The summed E-state index contributed by atoms with van der Waals surface area (Å²) in [4.78, 5) is 0. The molecule has 1 aliphatic carbocycles. The topological polar surface area (TPSA) is 48.1 Å². The minimum absolute atomic E-state index is 0.406. The van der Waals surface area contributed by atoms with Crippen LogP contribution in [-0.4, -0.2) is 48.8 Å². The smallest absolute Gasteiger partial charge is 0.0391 e. The third kappa shape index (κ3) is 1.44. The highest BCUT2D eigenvalue weighted by Crippen LogP contribution is 2.58. The average molecular weight is 302 g/mol. The van der Waals surface area contributed by atoms with Gasteiger partial charge in [-0.3, -0.25) is 0 Å². The summed E-state index contributed by atoms with van der Waals surface area (Å²) in [6.45, 7) is 3.66. The summed E-state index contributed by atoms with van der Waals surface area (Å²) in [5.41, 5.74) is 1.39. The van der Waals surface area contributed by atoms with E-state index in [2.05, 4.69) is 21.3 Å². The Balaban J connectivity index is 1.29. The molecule has 1 saturated carbocycles. The Morgan fingerprint density at radius 2 is 1.73 bits per heavy atom. The van der Waals surface area contributed by atoms with Crippen LogP contribution in [0, 0.1) is 11.3 Å². The standard InChI is InChI=1S/C18H30N4/c1-4-16(18-8-14(9-21-18)19-11-18)7-12(1)15(20-10-16)17-5-2-13(22-17)3-6-17/h12-15,19-22H,1-11H2. The van der Waals surface area contributed by atoms with Crippen LogP contribution in [0.5, 0.6) is 0 Å². The third-order valence-electron chi connectivity index (χ3n) is 8.73. The second kappa shape index (κ2) is 4.08. The molecule has 5 atom stereocenters. The summed E-state index contributed by atoms with van der Waals surface area (Å²) in [6.07, 6.45) is 11.4. The molecule has 4 heteroatoms. The average Bonchev–Trinajstić information content (AvgIpc) is 3.35. The highest BCUT2D eigenvalue weighted by atomic mass is 15.2. The van der Waals surface area contributed by atoms with Crippen LogP contribution in [0.1, 0.15) is 51.4 Å². The summed E-state index contributed by atoms with van der Waals surface area (Å²) in [5.74, 6) is 0.911. The van der Waals surface area contributed by atoms with Gasteiger partial charge in [0, 0.05) is 54.3 Å². The molecule has 4 N–H and O–H groups in total. The number of piperazine rings is 1. The molecule has 0 aromatic heterocycles. The Morgan fingerprint density at radius 1 is 0.818 bits per heavy atom. The molecule has 4 nitrogen and oxygen atoms in total. The summed E-state index contributed by atoms with van der Waals surface area (Å²) >= 11 is 0. The molecule has 122 valence electrons. The minimum Gasteiger partial charge on any atom is -0.311 e. The maximum atomic E-state index is 4.11. The Hall–Kier alpha value is -0.160. The fourth-order valence-corrected chi connectivity index (χ4v) is 7.64. The SMILES string of the molecule is C1NC2(C34CCC(C3)C(C35CCC(CC3)N5)NC4)CNC1C2. The van der Waals surface area contributed by atoms with Gasteiger partial charge in [0.05, 0.1) is 0 Å². The normalized spacial score (nSPS) is 62.2. The van der Waals surface area contributed by atoms with E-state index in [0.717, 1.165) is 24.0 Å². The van der Waals surface area contributed by atoms with Crippen molar-refractivity contribution in [2.75, 3.05) is 19.6 Å². The summed E-state index contributed by atoms with van der Waals surface area (Å²) in [7, 11) is 0. The van der Waals surface area contributed by atoms with Gasteiger partial charge in [0.25, 0.3) is 0 Å². The maximum Gasteiger partial charge on any atom is 0.0391 e. The van der Waals surface area contributed by atoms with Gasteiger partial charge >= 0.3 is 0 Å². The third-order valence-corrected chi connectivity index (χ3v) is 8.73. The molecular weight excluding hydrogens is 272 g/mol. The predicted octanol–water partition coefficient (Wildman–Crippen LogP) is 0.733. The molecule has 0 aromatic rings. The van der Waals surface area contributed by atoms with Crippen molar-refractivity contribution in [3.8, 4) is 0 Å². The fraction of sp³-hybridized carbons (Fsp3) is 1.00. The van der Waals surface area contributed by atoms with Gasteiger partial charge in [-0.25, -0.2) is 0 Å². The number of nitrogens with one attached hydrogen (secondary N) is 4. The van der Waals surface area contributed by atoms with E-state index < -0.39 is 0 Å². The highest BCUT2D eigenvalue weighted by molar-refractivity contribution is 5.23. The van der Waals surface area contributed by atoms with Crippen LogP contribution < -0.4 is 21.3 Å². The summed E-state index contributed by atoms with van der Waals surface area (Å²) < 4.78 is 0. The lowest BCUT2D eigenvalue weighted by Crippen LogP contribution is -2.68. The van der Waals surface area contributed by atoms with E-state index in [4.69, 9.17) is 0 Å². The van der Waals surface area contributed by atoms with Crippen LogP contribution in [0.15, 0.2) is 0 Å². The first-order valence-electron chi connectivity index (χ1n) is 9.72. The lowest BCUT2D eigenvalue weighted by atomic mass is 9.64. The van der Waals surface area contributed by atoms with Crippen molar-refractivity contribution < 1.29 is 0 Å². The maximum absolute atomic E-state index is 4.11. The molecule has 6 aliphatic rings. The summed E-state index contributed by atoms with van der Waals surface area (Å²) in [6, 6.07) is 2.33. The molecule has 22 heavy (non-hydrogen) atoms. The largest absolute Gasteiger partial charge is 0.311 e. The van der Waals surface area contributed by atoms with E-state index in [1.54, 1.807) is 0 Å². The van der Waals surface area contributed by atoms with Crippen LogP contribution in [-0.2, 0) is 0 Å². The van der Waals surface area contributed by atoms with Crippen molar-refractivity contribution in [1.82, 2.24) is 21.3 Å². The zero-order valence-electron chi connectivity index (χ0n) is 13.6. The van der Waals surface area contributed by atoms with Crippen LogP contribution in [0.2, 0.25) is 0 Å². The first-order valence-corrected chi connectivity index (χ1v) is 9.72. The zero-order valence-corrected chi connectivity index (χ0v) is 13.6. The Labute approximate surface area is 133 Å². The first kappa shape index (κ1) is 13.2. The number of rotatable bonds is 2. The predicted molar refractivity (Wildman–Crippen MR) is 86.8 cm³/mol. The molecule has 6 bridgehead atoms. The molecule has 0 aromatic carbocycles. The lowest BCUT2D eigenvalue weighted by molar-refractivity contribution is 0.0548. The number of fused-ring (bicyclic) bond motifs is 7. The first-order chi connectivity index (χ1) is 10.7. The number of piperidine rings is 1. The number of hydrogen-bond acceptors (Lipinski definition) is 4. The van der Waals surface area contributed by atoms with Gasteiger partial charge in [-0.1, -0.05) is 0 Å². The van der Waals surface area contributed by atoms with Crippen LogP contribution in [0.4, 0.5) is 0 Å². The van der Waals surface area contributed by atoms with E-state index in [-0.39, 0.29) is 0 Å². The zero-order chi connectivity index (χ0) is 14.4. The highest BCUT2D eigenvalue weighted by Gasteiger charge is 2.64. The van der Waals surface area contributed by atoms with Gasteiger partial charge in [0.15, 0.2) is 0 Å². The van der Waals surface area contributed by atoms with Gasteiger partial charge in [0.2, 0.25) is 0 Å². The van der Waals surface area contributed by atoms with E-state index in [1.807, 2.05) is 0 Å². The van der Waals surface area contributed by atoms with E-state index in [0.29, 0.717) is 16.5 Å². The fourth-order valence-electron chi connectivity index (χ4n) is 7.64. The quantitative estimate of drug-likeness (QED) is 0.607. The molecule has 6 fully saturated rings. The second-order valence-electron chi connectivity index (χ2n) is 9.46. The van der Waals surface area contributed by atoms with E-state index in [1.165, 1.54) is 71.0 Å². The molecule has 5 unspecified atom stereocenters. The minimum atomic E-state index is 0.406. The Morgan fingerprint density at radius 3 is 2.36 bits per heavy atom. The van der Waals surface area contributed by atoms with Gasteiger partial charge in [-0.15, -0.1) is 0 Å². The molecule has 5 heterocycles. The van der Waals surface area contributed by atoms with Gasteiger partial charge in [-0.05, 0) is 57.3 Å². The van der Waals surface area contributed by atoms with Crippen molar-refractivity contribution in [2.24, 2.45) is 11.3 Å². The van der Waals surface area contributed by atoms with Crippen molar-refractivity contribution in [3.63, 3.8) is 0 Å². The Bertz CT molecular complexity index is 489. The molecular formula is C18H30N4. The van der Waals surface area contributed by atoms with Gasteiger partial charge in [-0.2, -0.15) is 0 Å². The molecule has 5 saturated heterocycles. The number of hydrogen-bond donors (Lipinski definition) is 4. The summed E-state index contributed by atoms with van der Waals surface area (Å²) in [5, 5.41) is 15.8. The van der Waals surface area contributed by atoms with Gasteiger partial charge < -0.3 is 21.3 Å². The van der Waals surface area contributed by atoms with Crippen molar-refractivity contribution in [3.05, 3.63) is 0 Å². The Kier molecular flexibility index (Phi) is 2.44. The van der Waals surface area contributed by atoms with E-state index >= 15 is 0 Å². The second-order valence-corrected chi connectivity index (χ2v) is 9.46. The van der Waals surface area contributed by atoms with Crippen LogP contribution >= 0.6 is 0 Å². The van der Waals surface area contributed by atoms with E-state index in [9.17, 15) is 0 Å². The van der Waals surface area contributed by atoms with Crippen molar-refractivity contribution in [1.29, 1.82) is 0 Å². The van der Waals surface area contributed by atoms with Crippen molar-refractivity contribution in [2.45, 2.75) is 80.6 Å². The van der Waals surface area contributed by atoms with Gasteiger partial charge in [0.1, 0.15) is 0 Å². The monoisotopic (exact) mass is 302 g/mol. The molecule has 0 amide bonds. The lowest BCUT2D eigenvalue weighted by Gasteiger charge is -2.52. The van der Waals surface area contributed by atoms with Crippen LogP contribution in [0.3, 0.4) is 0 Å². The molecule has 0 spiro atoms. The molecule has 0 radical (unpaired) electrons. The van der Waals surface area contributed by atoms with Crippen LogP contribution in [0.25, 0.3) is 0 Å².